The fourth-order valence-corrected chi connectivity index (χ4v) is 2.17. The molecule has 2 amide bonds. The van der Waals surface area contributed by atoms with Crippen molar-refractivity contribution in [3.05, 3.63) is 0 Å². The lowest BCUT2D eigenvalue weighted by Crippen LogP contribution is -2.50. The van der Waals surface area contributed by atoms with Crippen LogP contribution in [0.3, 0.4) is 0 Å². The number of nitrogens with two attached hydrogens (primary N) is 2. The van der Waals surface area contributed by atoms with Crippen LogP contribution in [-0.2, 0) is 14.4 Å². The van der Waals surface area contributed by atoms with Gasteiger partial charge in [0.25, 0.3) is 0 Å². The quantitative estimate of drug-likeness (QED) is 0.498. The predicted octanol–water partition coefficient (Wildman–Crippen LogP) is -1.05. The Balaban J connectivity index is 2.59. The third-order valence-electron chi connectivity index (χ3n) is 3.18. The molecular weight excluding hydrogens is 238 g/mol. The Morgan fingerprint density at radius 2 is 1.89 bits per heavy atom. The molecular formula is C11H19N3O4. The Morgan fingerprint density at radius 1 is 1.28 bits per heavy atom. The largest absolute Gasteiger partial charge is 0.480 e. The summed E-state index contributed by atoms with van der Waals surface area (Å²) in [5, 5.41) is 11.2. The Labute approximate surface area is 105 Å². The first kappa shape index (κ1) is 14.4. The number of primary amides is 1. The molecule has 1 aliphatic rings. The Morgan fingerprint density at radius 3 is 2.39 bits per heavy atom. The minimum absolute atomic E-state index is 0.248. The van der Waals surface area contributed by atoms with Gasteiger partial charge in [-0.3, -0.25) is 9.59 Å². The monoisotopic (exact) mass is 257 g/mol. The third kappa shape index (κ3) is 3.99. The third-order valence-corrected chi connectivity index (χ3v) is 3.18. The molecule has 0 bridgehead atoms. The second kappa shape index (κ2) is 6.34. The zero-order chi connectivity index (χ0) is 13.7. The van der Waals surface area contributed by atoms with Crippen LogP contribution in [0.15, 0.2) is 0 Å². The summed E-state index contributed by atoms with van der Waals surface area (Å²) in [7, 11) is 0. The molecule has 0 radical (unpaired) electrons. The van der Waals surface area contributed by atoms with Gasteiger partial charge in [0.2, 0.25) is 11.8 Å². The minimum atomic E-state index is -1.27. The van der Waals surface area contributed by atoms with E-state index in [1.165, 1.54) is 0 Å². The SMILES string of the molecule is NC(=O)CC(NC(=O)C1CCCCC1N)C(=O)O. The molecule has 1 fully saturated rings. The highest BCUT2D eigenvalue weighted by Crippen LogP contribution is 2.23. The summed E-state index contributed by atoms with van der Waals surface area (Å²) in [6.45, 7) is 0. The fourth-order valence-electron chi connectivity index (χ4n) is 2.17. The van der Waals surface area contributed by atoms with Gasteiger partial charge in [0.05, 0.1) is 12.3 Å². The molecule has 0 spiro atoms. The van der Waals surface area contributed by atoms with Gasteiger partial charge in [0, 0.05) is 6.04 Å². The van der Waals surface area contributed by atoms with E-state index < -0.39 is 30.2 Å². The molecule has 0 heterocycles. The zero-order valence-electron chi connectivity index (χ0n) is 10.1. The Bertz CT molecular complexity index is 345. The van der Waals surface area contributed by atoms with Gasteiger partial charge in [-0.15, -0.1) is 0 Å². The van der Waals surface area contributed by atoms with Gasteiger partial charge in [-0.05, 0) is 12.8 Å². The van der Waals surface area contributed by atoms with Crippen LogP contribution >= 0.6 is 0 Å². The van der Waals surface area contributed by atoms with E-state index in [0.29, 0.717) is 6.42 Å². The maximum atomic E-state index is 11.9. The van der Waals surface area contributed by atoms with Crippen LogP contribution in [0.25, 0.3) is 0 Å². The highest BCUT2D eigenvalue weighted by atomic mass is 16.4. The van der Waals surface area contributed by atoms with Crippen molar-refractivity contribution >= 4 is 17.8 Å². The van der Waals surface area contributed by atoms with Crippen molar-refractivity contribution in [2.24, 2.45) is 17.4 Å². The maximum Gasteiger partial charge on any atom is 0.326 e. The minimum Gasteiger partial charge on any atom is -0.480 e. The van der Waals surface area contributed by atoms with E-state index in [1.54, 1.807) is 0 Å². The number of amides is 2. The highest BCUT2D eigenvalue weighted by molar-refractivity contribution is 5.89. The lowest BCUT2D eigenvalue weighted by atomic mass is 9.84. The van der Waals surface area contributed by atoms with Crippen molar-refractivity contribution in [1.82, 2.24) is 5.32 Å². The smallest absolute Gasteiger partial charge is 0.326 e. The molecule has 3 atom stereocenters. The molecule has 0 aromatic carbocycles. The van der Waals surface area contributed by atoms with E-state index >= 15 is 0 Å². The van der Waals surface area contributed by atoms with Gasteiger partial charge in [-0.2, -0.15) is 0 Å². The normalized spacial score (nSPS) is 25.2. The van der Waals surface area contributed by atoms with Crippen molar-refractivity contribution < 1.29 is 19.5 Å². The van der Waals surface area contributed by atoms with Gasteiger partial charge in [0.1, 0.15) is 6.04 Å². The molecule has 6 N–H and O–H groups in total. The number of hydrogen-bond donors (Lipinski definition) is 4. The fraction of sp³-hybridized carbons (Fsp3) is 0.727. The zero-order valence-corrected chi connectivity index (χ0v) is 10.1. The Hall–Kier alpha value is -1.63. The number of carbonyl (C=O) groups is 3. The van der Waals surface area contributed by atoms with E-state index in [0.717, 1.165) is 19.3 Å². The van der Waals surface area contributed by atoms with Gasteiger partial charge >= 0.3 is 5.97 Å². The molecule has 1 rings (SSSR count). The topological polar surface area (TPSA) is 136 Å². The second-order valence-corrected chi connectivity index (χ2v) is 4.62. The van der Waals surface area contributed by atoms with Crippen LogP contribution in [0.1, 0.15) is 32.1 Å². The first-order valence-corrected chi connectivity index (χ1v) is 5.99. The number of nitrogens with one attached hydrogen (secondary N) is 1. The predicted molar refractivity (Wildman–Crippen MR) is 63.3 cm³/mol. The van der Waals surface area contributed by atoms with Crippen molar-refractivity contribution in [3.63, 3.8) is 0 Å². The molecule has 7 heteroatoms. The highest BCUT2D eigenvalue weighted by Gasteiger charge is 2.31. The summed E-state index contributed by atoms with van der Waals surface area (Å²) in [4.78, 5) is 33.5. The van der Waals surface area contributed by atoms with Crippen molar-refractivity contribution in [1.29, 1.82) is 0 Å². The van der Waals surface area contributed by atoms with Gasteiger partial charge < -0.3 is 21.9 Å². The summed E-state index contributed by atoms with van der Waals surface area (Å²) in [6.07, 6.45) is 2.87. The molecule has 1 saturated carbocycles. The van der Waals surface area contributed by atoms with Crippen LogP contribution in [0, 0.1) is 5.92 Å². The first-order chi connectivity index (χ1) is 8.41. The van der Waals surface area contributed by atoms with E-state index in [-0.39, 0.29) is 12.0 Å². The summed E-state index contributed by atoms with van der Waals surface area (Å²) in [5.41, 5.74) is 10.8. The molecule has 0 aromatic rings. The molecule has 102 valence electrons. The first-order valence-electron chi connectivity index (χ1n) is 5.99. The molecule has 0 aliphatic heterocycles. The van der Waals surface area contributed by atoms with Crippen molar-refractivity contribution in [2.45, 2.75) is 44.2 Å². The van der Waals surface area contributed by atoms with Gasteiger partial charge in [-0.25, -0.2) is 4.79 Å². The summed E-state index contributed by atoms with van der Waals surface area (Å²) in [6, 6.07) is -1.52. The van der Waals surface area contributed by atoms with Crippen LogP contribution in [0.5, 0.6) is 0 Å². The Kier molecular flexibility index (Phi) is 5.08. The standard InChI is InChI=1S/C11H19N3O4/c12-7-4-2-1-3-6(7)10(16)14-8(11(17)18)5-9(13)15/h6-8H,1-5,12H2,(H2,13,15)(H,14,16)(H,17,18). The maximum absolute atomic E-state index is 11.9. The van der Waals surface area contributed by atoms with Gasteiger partial charge in [-0.1, -0.05) is 12.8 Å². The number of carbonyl (C=O) groups excluding carboxylic acids is 2. The van der Waals surface area contributed by atoms with Crippen molar-refractivity contribution in [2.75, 3.05) is 0 Å². The number of carboxylic acid groups (broad SMARTS) is 1. The molecule has 7 nitrogen and oxygen atoms in total. The summed E-state index contributed by atoms with van der Waals surface area (Å²) >= 11 is 0. The van der Waals surface area contributed by atoms with Crippen LogP contribution in [0.4, 0.5) is 0 Å². The number of hydrogen-bond acceptors (Lipinski definition) is 4. The number of aliphatic carboxylic acids is 1. The van der Waals surface area contributed by atoms with E-state index in [1.807, 2.05) is 0 Å². The second-order valence-electron chi connectivity index (χ2n) is 4.62. The molecule has 0 aromatic heterocycles. The van der Waals surface area contributed by atoms with E-state index in [4.69, 9.17) is 16.6 Å². The molecule has 18 heavy (non-hydrogen) atoms. The lowest BCUT2D eigenvalue weighted by Gasteiger charge is -2.28. The lowest BCUT2D eigenvalue weighted by molar-refractivity contribution is -0.144. The average molecular weight is 257 g/mol. The average Bonchev–Trinajstić information content (AvgIpc) is 2.27. The molecule has 1 aliphatic carbocycles. The van der Waals surface area contributed by atoms with Crippen molar-refractivity contribution in [3.8, 4) is 0 Å². The molecule has 3 unspecified atom stereocenters. The van der Waals surface area contributed by atoms with Crippen LogP contribution < -0.4 is 16.8 Å². The summed E-state index contributed by atoms with van der Waals surface area (Å²) in [5.74, 6) is -2.83. The van der Waals surface area contributed by atoms with Gasteiger partial charge in [0.15, 0.2) is 0 Å². The van der Waals surface area contributed by atoms with E-state index in [2.05, 4.69) is 5.32 Å². The molecule has 0 saturated heterocycles. The van der Waals surface area contributed by atoms with Crippen LogP contribution in [-0.4, -0.2) is 35.0 Å². The van der Waals surface area contributed by atoms with E-state index in [9.17, 15) is 14.4 Å². The summed E-state index contributed by atoms with van der Waals surface area (Å²) < 4.78 is 0. The van der Waals surface area contributed by atoms with Crippen LogP contribution in [0.2, 0.25) is 0 Å². The number of carboxylic acids is 1. The number of rotatable bonds is 5.